The van der Waals surface area contributed by atoms with Gasteiger partial charge in [-0.1, -0.05) is 48.2 Å². The molecule has 0 aliphatic heterocycles. The molecule has 34 heavy (non-hydrogen) atoms. The third kappa shape index (κ3) is 7.56. The Kier molecular flexibility index (Phi) is 10.6. The highest BCUT2D eigenvalue weighted by Crippen LogP contribution is 2.36. The molecule has 182 valence electrons. The average molecular weight is 602 g/mol. The maximum atomic E-state index is 13.5. The summed E-state index contributed by atoms with van der Waals surface area (Å²) in [5.41, 5.74) is 1.10. The summed E-state index contributed by atoms with van der Waals surface area (Å²) >= 11 is 1.31. The van der Waals surface area contributed by atoms with Gasteiger partial charge in [-0.2, -0.15) is 13.2 Å². The third-order valence-corrected chi connectivity index (χ3v) is 5.66. The van der Waals surface area contributed by atoms with Crippen molar-refractivity contribution < 1.29 is 22.6 Å². The van der Waals surface area contributed by atoms with E-state index < -0.39 is 11.7 Å². The van der Waals surface area contributed by atoms with Crippen LogP contribution >= 0.6 is 35.7 Å². The fourth-order valence-corrected chi connectivity index (χ4v) is 3.83. The minimum Gasteiger partial charge on any atom is -0.497 e. The second-order valence-corrected chi connectivity index (χ2v) is 7.94. The zero-order valence-corrected chi connectivity index (χ0v) is 22.2. The molecule has 0 aliphatic rings. The van der Waals surface area contributed by atoms with E-state index >= 15 is 0 Å². The van der Waals surface area contributed by atoms with Gasteiger partial charge in [0.1, 0.15) is 11.5 Å². The summed E-state index contributed by atoms with van der Waals surface area (Å²) in [4.78, 5) is 6.40. The van der Waals surface area contributed by atoms with Gasteiger partial charge >= 0.3 is 6.18 Å². The maximum absolute atomic E-state index is 13.5. The van der Waals surface area contributed by atoms with E-state index in [-0.39, 0.29) is 29.7 Å². The Bertz CT molecular complexity index is 1030. The van der Waals surface area contributed by atoms with Gasteiger partial charge in [0, 0.05) is 13.1 Å². The van der Waals surface area contributed by atoms with E-state index in [0.29, 0.717) is 18.3 Å². The number of para-hydroxylation sites is 1. The molecule has 3 rings (SSSR count). The zero-order valence-electron chi connectivity index (χ0n) is 19.0. The number of hydrogen-bond acceptors (Lipinski definition) is 4. The molecule has 0 amide bonds. The smallest absolute Gasteiger partial charge is 0.418 e. The molecule has 0 bridgehead atoms. The van der Waals surface area contributed by atoms with Crippen LogP contribution in [0.1, 0.15) is 16.7 Å². The first-order chi connectivity index (χ1) is 15.8. The summed E-state index contributed by atoms with van der Waals surface area (Å²) in [6.45, 7) is 0.924. The Labute approximate surface area is 219 Å². The van der Waals surface area contributed by atoms with Gasteiger partial charge in [-0.15, -0.1) is 24.0 Å². The quantitative estimate of drug-likeness (QED) is 0.161. The summed E-state index contributed by atoms with van der Waals surface area (Å²) in [7, 11) is 3.20. The van der Waals surface area contributed by atoms with E-state index in [1.807, 2.05) is 59.7 Å². The van der Waals surface area contributed by atoms with Gasteiger partial charge in [0.2, 0.25) is 0 Å². The molecule has 3 aromatic carbocycles. The Morgan fingerprint density at radius 2 is 1.29 bits per heavy atom. The highest BCUT2D eigenvalue weighted by atomic mass is 127. The average Bonchev–Trinajstić information content (AvgIpc) is 2.82. The molecule has 4 nitrogen and oxygen atoms in total. The molecule has 0 saturated carbocycles. The monoisotopic (exact) mass is 602 g/mol. The first-order valence-electron chi connectivity index (χ1n) is 10.1. The number of benzene rings is 3. The van der Waals surface area contributed by atoms with Crippen molar-refractivity contribution in [2.24, 2.45) is 4.99 Å². The van der Waals surface area contributed by atoms with E-state index in [1.165, 1.54) is 23.9 Å². The number of thioether (sulfide) groups is 1. The largest absolute Gasteiger partial charge is 0.497 e. The Morgan fingerprint density at radius 1 is 0.824 bits per heavy atom. The minimum absolute atomic E-state index is 0. The lowest BCUT2D eigenvalue weighted by molar-refractivity contribution is -0.137. The van der Waals surface area contributed by atoms with Crippen molar-refractivity contribution in [3.63, 3.8) is 0 Å². The van der Waals surface area contributed by atoms with Gasteiger partial charge < -0.3 is 14.4 Å². The molecule has 0 N–H and O–H groups in total. The molecular weight excluding hydrogens is 576 g/mol. The number of rotatable bonds is 7. The lowest BCUT2D eigenvalue weighted by atomic mass is 10.1. The molecule has 0 aromatic heterocycles. The van der Waals surface area contributed by atoms with Gasteiger partial charge in [0.25, 0.3) is 0 Å². The summed E-state index contributed by atoms with van der Waals surface area (Å²) in [6, 6.07) is 20.5. The van der Waals surface area contributed by atoms with E-state index in [1.54, 1.807) is 20.3 Å². The van der Waals surface area contributed by atoms with Crippen molar-refractivity contribution in [1.82, 2.24) is 4.90 Å². The SMILES string of the molecule is COc1ccc(CN(Cc2ccc(OC)cc2)C(=Nc2ccccc2C(F)(F)F)SC)cc1.I. The molecule has 0 spiro atoms. The van der Waals surface area contributed by atoms with Crippen LogP contribution in [0.5, 0.6) is 11.5 Å². The molecule has 3 aromatic rings. The van der Waals surface area contributed by atoms with Crippen molar-refractivity contribution >= 4 is 46.6 Å². The van der Waals surface area contributed by atoms with Crippen LogP contribution in [0.2, 0.25) is 0 Å². The zero-order chi connectivity index (χ0) is 23.8. The summed E-state index contributed by atoms with van der Waals surface area (Å²) < 4.78 is 51.0. The van der Waals surface area contributed by atoms with Gasteiger partial charge in [0.05, 0.1) is 25.5 Å². The van der Waals surface area contributed by atoms with Crippen LogP contribution in [-0.2, 0) is 19.3 Å². The molecule has 0 saturated heterocycles. The van der Waals surface area contributed by atoms with Crippen LogP contribution in [0.25, 0.3) is 0 Å². The van der Waals surface area contributed by atoms with Crippen molar-refractivity contribution in [2.45, 2.75) is 19.3 Å². The molecule has 0 atom stereocenters. The first kappa shape index (κ1) is 27.8. The van der Waals surface area contributed by atoms with Gasteiger partial charge in [-0.05, 0) is 53.8 Å². The second-order valence-electron chi connectivity index (χ2n) is 7.17. The van der Waals surface area contributed by atoms with E-state index in [2.05, 4.69) is 4.99 Å². The number of hydrogen-bond donors (Lipinski definition) is 0. The Hall–Kier alpha value is -2.40. The number of ether oxygens (including phenoxy) is 2. The van der Waals surface area contributed by atoms with Gasteiger partial charge in [-0.3, -0.25) is 0 Å². The Balaban J connectivity index is 0.00000408. The van der Waals surface area contributed by atoms with Crippen LogP contribution < -0.4 is 9.47 Å². The number of alkyl halides is 3. The fraction of sp³-hybridized carbons (Fsp3) is 0.240. The number of halogens is 4. The Morgan fingerprint density at radius 3 is 1.71 bits per heavy atom. The minimum atomic E-state index is -4.49. The third-order valence-electron chi connectivity index (χ3n) is 4.94. The number of aliphatic imine (C=N–C) groups is 1. The fourth-order valence-electron chi connectivity index (χ4n) is 3.25. The van der Waals surface area contributed by atoms with Gasteiger partial charge in [0.15, 0.2) is 5.17 Å². The predicted molar refractivity (Wildman–Crippen MR) is 143 cm³/mol. The highest BCUT2D eigenvalue weighted by molar-refractivity contribution is 14.0. The molecule has 0 heterocycles. The number of nitrogens with zero attached hydrogens (tertiary/aromatic N) is 2. The normalized spacial score (nSPS) is 11.5. The maximum Gasteiger partial charge on any atom is 0.418 e. The van der Waals surface area contributed by atoms with Crippen molar-refractivity contribution in [1.29, 1.82) is 0 Å². The molecule has 0 fully saturated rings. The topological polar surface area (TPSA) is 34.1 Å². The summed E-state index contributed by atoms with van der Waals surface area (Å²) in [5, 5.41) is 0.485. The number of amidine groups is 1. The van der Waals surface area contributed by atoms with E-state index in [0.717, 1.165) is 28.7 Å². The van der Waals surface area contributed by atoms with Crippen LogP contribution in [0.4, 0.5) is 18.9 Å². The second kappa shape index (κ2) is 12.9. The van der Waals surface area contributed by atoms with Crippen LogP contribution in [0.15, 0.2) is 77.8 Å². The molecule has 9 heteroatoms. The van der Waals surface area contributed by atoms with Crippen LogP contribution in [0.3, 0.4) is 0 Å². The molecule has 0 radical (unpaired) electrons. The van der Waals surface area contributed by atoms with E-state index in [9.17, 15) is 13.2 Å². The van der Waals surface area contributed by atoms with E-state index in [4.69, 9.17) is 9.47 Å². The van der Waals surface area contributed by atoms with Crippen LogP contribution in [-0.4, -0.2) is 30.5 Å². The van der Waals surface area contributed by atoms with Crippen molar-refractivity contribution in [3.05, 3.63) is 89.5 Å². The van der Waals surface area contributed by atoms with Crippen LogP contribution in [0, 0.1) is 0 Å². The lowest BCUT2D eigenvalue weighted by Gasteiger charge is -2.26. The molecule has 0 unspecified atom stereocenters. The first-order valence-corrected chi connectivity index (χ1v) is 11.4. The molecule has 0 aliphatic carbocycles. The summed E-state index contributed by atoms with van der Waals surface area (Å²) in [5.74, 6) is 1.47. The van der Waals surface area contributed by atoms with Gasteiger partial charge in [-0.25, -0.2) is 4.99 Å². The standard InChI is InChI=1S/C25H25F3N2O2S.HI/c1-31-20-12-8-18(9-13-20)16-30(17-19-10-14-21(32-2)15-11-19)24(33-3)29-23-7-5-4-6-22(23)25(26,27)28;/h4-15H,16-17H2,1-3H3;1H. The lowest BCUT2D eigenvalue weighted by Crippen LogP contribution is -2.28. The van der Waals surface area contributed by atoms with Crippen molar-refractivity contribution in [3.8, 4) is 11.5 Å². The summed E-state index contributed by atoms with van der Waals surface area (Å²) in [6.07, 6.45) is -2.68. The van der Waals surface area contributed by atoms with Crippen molar-refractivity contribution in [2.75, 3.05) is 20.5 Å². The number of methoxy groups -OCH3 is 2. The predicted octanol–water partition coefficient (Wildman–Crippen LogP) is 7.39. The molecular formula is C25H26F3IN2O2S. The highest BCUT2D eigenvalue weighted by Gasteiger charge is 2.33.